The zero-order chi connectivity index (χ0) is 4.62. The van der Waals surface area contributed by atoms with Gasteiger partial charge in [0, 0.05) is 5.75 Å². The van der Waals surface area contributed by atoms with Crippen molar-refractivity contribution < 1.29 is 0 Å². The minimum Gasteiger partial charge on any atom is -0.0936 e. The summed E-state index contributed by atoms with van der Waals surface area (Å²) in [5.41, 5.74) is 0.606. The molecule has 0 saturated heterocycles. The van der Waals surface area contributed by atoms with Crippen LogP contribution in [0.2, 0.25) is 0 Å². The van der Waals surface area contributed by atoms with Gasteiger partial charge in [-0.15, -0.1) is 0 Å². The van der Waals surface area contributed by atoms with E-state index in [1.165, 1.54) is 12.8 Å². The third kappa shape index (κ3) is 0.700. The van der Waals surface area contributed by atoms with E-state index in [0.29, 0.717) is 5.41 Å². The van der Waals surface area contributed by atoms with Gasteiger partial charge in [-0.2, -0.15) is 0 Å². The molecular weight excluding hydrogens is 92.1 g/mol. The summed E-state index contributed by atoms with van der Waals surface area (Å²) in [4.78, 5) is 0. The van der Waals surface area contributed by atoms with Crippen molar-refractivity contribution in [2.24, 2.45) is 5.41 Å². The van der Waals surface area contributed by atoms with Crippen LogP contribution in [0.25, 0.3) is 0 Å². The molecule has 1 saturated carbocycles. The summed E-state index contributed by atoms with van der Waals surface area (Å²) in [6.07, 6.45) is 2.74. The van der Waals surface area contributed by atoms with E-state index in [1.807, 2.05) is 0 Å². The van der Waals surface area contributed by atoms with Crippen LogP contribution in [0.5, 0.6) is 0 Å². The Balaban J connectivity index is 2.28. The molecule has 0 nitrogen and oxygen atoms in total. The Labute approximate surface area is 44.3 Å². The molecular formula is C5H9S. The van der Waals surface area contributed by atoms with Crippen molar-refractivity contribution >= 4 is 12.6 Å². The Morgan fingerprint density at radius 2 is 2.17 bits per heavy atom. The molecule has 0 amide bonds. The van der Waals surface area contributed by atoms with Crippen molar-refractivity contribution in [3.63, 3.8) is 0 Å². The van der Waals surface area contributed by atoms with Crippen LogP contribution in [-0.4, -0.2) is 5.75 Å². The second-order valence-electron chi connectivity index (χ2n) is 2.45. The molecule has 0 N–H and O–H groups in total. The van der Waals surface area contributed by atoms with Gasteiger partial charge in [0.2, 0.25) is 0 Å². The summed E-state index contributed by atoms with van der Waals surface area (Å²) in [5.74, 6) is 0.965. The normalized spacial score (nSPS) is 27.0. The lowest BCUT2D eigenvalue weighted by molar-refractivity contribution is 0.669. The van der Waals surface area contributed by atoms with Gasteiger partial charge in [0.25, 0.3) is 0 Å². The van der Waals surface area contributed by atoms with Gasteiger partial charge in [0.1, 0.15) is 0 Å². The Morgan fingerprint density at radius 1 is 1.67 bits per heavy atom. The highest BCUT2D eigenvalue weighted by Crippen LogP contribution is 2.45. The minimum atomic E-state index is 0.606. The first-order chi connectivity index (χ1) is 2.77. The molecule has 1 aliphatic rings. The monoisotopic (exact) mass is 101 g/mol. The van der Waals surface area contributed by atoms with Gasteiger partial charge in [-0.05, 0) is 18.3 Å². The van der Waals surface area contributed by atoms with Crippen molar-refractivity contribution in [2.45, 2.75) is 19.8 Å². The predicted molar refractivity (Wildman–Crippen MR) is 29.8 cm³/mol. The molecule has 0 aromatic rings. The van der Waals surface area contributed by atoms with Crippen molar-refractivity contribution in [1.29, 1.82) is 0 Å². The van der Waals surface area contributed by atoms with Crippen molar-refractivity contribution in [1.82, 2.24) is 0 Å². The van der Waals surface area contributed by atoms with Crippen LogP contribution in [0, 0.1) is 5.41 Å². The van der Waals surface area contributed by atoms with Crippen molar-refractivity contribution in [2.75, 3.05) is 5.75 Å². The molecule has 1 aliphatic carbocycles. The quantitative estimate of drug-likeness (QED) is 0.474. The fourth-order valence-electron chi connectivity index (χ4n) is 0.358. The topological polar surface area (TPSA) is 0 Å². The Kier molecular flexibility index (Phi) is 0.870. The van der Waals surface area contributed by atoms with Crippen LogP contribution in [-0.2, 0) is 0 Å². The van der Waals surface area contributed by atoms with Crippen LogP contribution in [0.15, 0.2) is 0 Å². The summed E-state index contributed by atoms with van der Waals surface area (Å²) in [5, 5.41) is 0. The first-order valence-corrected chi connectivity index (χ1v) is 2.93. The predicted octanol–water partition coefficient (Wildman–Crippen LogP) is 1.98. The molecule has 0 atom stereocenters. The van der Waals surface area contributed by atoms with E-state index in [9.17, 15) is 0 Å². The van der Waals surface area contributed by atoms with Gasteiger partial charge < -0.3 is 0 Å². The maximum absolute atomic E-state index is 4.85. The van der Waals surface area contributed by atoms with Gasteiger partial charge >= 0.3 is 0 Å². The Morgan fingerprint density at radius 3 is 2.17 bits per heavy atom. The lowest BCUT2D eigenvalue weighted by atomic mass is 10.2. The van der Waals surface area contributed by atoms with E-state index in [4.69, 9.17) is 12.6 Å². The second kappa shape index (κ2) is 1.16. The average Bonchev–Trinajstić information content (AvgIpc) is 2.22. The molecule has 0 aromatic heterocycles. The molecule has 0 aromatic carbocycles. The number of hydrogen-bond donors (Lipinski definition) is 0. The summed E-state index contributed by atoms with van der Waals surface area (Å²) in [6.45, 7) is 2.25. The molecule has 1 radical (unpaired) electrons. The fourth-order valence-corrected chi connectivity index (χ4v) is 0.646. The van der Waals surface area contributed by atoms with Crippen LogP contribution < -0.4 is 0 Å². The second-order valence-corrected chi connectivity index (χ2v) is 2.74. The molecule has 0 aliphatic heterocycles. The molecule has 1 rings (SSSR count). The summed E-state index contributed by atoms with van der Waals surface area (Å²) < 4.78 is 0. The highest BCUT2D eigenvalue weighted by molar-refractivity contribution is 7.80. The summed E-state index contributed by atoms with van der Waals surface area (Å²) in [6, 6.07) is 0. The zero-order valence-corrected chi connectivity index (χ0v) is 4.85. The fraction of sp³-hybridized carbons (Fsp3) is 1.00. The van der Waals surface area contributed by atoms with Gasteiger partial charge in [0.05, 0.1) is 0 Å². The van der Waals surface area contributed by atoms with Crippen LogP contribution in [0.4, 0.5) is 0 Å². The number of hydrogen-bond acceptors (Lipinski definition) is 0. The van der Waals surface area contributed by atoms with E-state index >= 15 is 0 Å². The number of rotatable bonds is 1. The summed E-state index contributed by atoms with van der Waals surface area (Å²) >= 11 is 4.85. The highest BCUT2D eigenvalue weighted by atomic mass is 32.1. The average molecular weight is 101 g/mol. The molecule has 0 spiro atoms. The molecule has 0 heterocycles. The molecule has 6 heavy (non-hydrogen) atoms. The Hall–Kier alpha value is 0.350. The molecule has 0 bridgehead atoms. The van der Waals surface area contributed by atoms with Gasteiger partial charge in [-0.3, -0.25) is 0 Å². The van der Waals surface area contributed by atoms with E-state index in [2.05, 4.69) is 6.92 Å². The van der Waals surface area contributed by atoms with Crippen LogP contribution in [0.1, 0.15) is 19.8 Å². The van der Waals surface area contributed by atoms with Gasteiger partial charge in [-0.25, -0.2) is 0 Å². The molecule has 1 heteroatoms. The van der Waals surface area contributed by atoms with Crippen LogP contribution in [0.3, 0.4) is 0 Å². The first kappa shape index (κ1) is 4.51. The maximum atomic E-state index is 4.85. The molecule has 1 fully saturated rings. The third-order valence-corrected chi connectivity index (χ3v) is 2.15. The van der Waals surface area contributed by atoms with E-state index in [1.54, 1.807) is 0 Å². The molecule has 35 valence electrons. The lowest BCUT2D eigenvalue weighted by Gasteiger charge is -1.95. The van der Waals surface area contributed by atoms with Crippen molar-refractivity contribution in [3.8, 4) is 0 Å². The maximum Gasteiger partial charge on any atom is 0.00909 e. The minimum absolute atomic E-state index is 0.606. The van der Waals surface area contributed by atoms with E-state index in [-0.39, 0.29) is 0 Å². The lowest BCUT2D eigenvalue weighted by Crippen LogP contribution is -1.91. The zero-order valence-electron chi connectivity index (χ0n) is 4.03. The van der Waals surface area contributed by atoms with E-state index in [0.717, 1.165) is 5.75 Å². The van der Waals surface area contributed by atoms with Gasteiger partial charge in [-0.1, -0.05) is 19.6 Å². The van der Waals surface area contributed by atoms with Gasteiger partial charge in [0.15, 0.2) is 0 Å². The standard InChI is InChI=1S/C5H9S/c1-5(4-6)2-3-5/h2-4H2,1H3. The van der Waals surface area contributed by atoms with Crippen LogP contribution >= 0.6 is 12.6 Å². The Bertz CT molecular complexity index is 55.0. The van der Waals surface area contributed by atoms with E-state index < -0.39 is 0 Å². The molecule has 0 unspecified atom stereocenters. The summed E-state index contributed by atoms with van der Waals surface area (Å²) in [7, 11) is 0. The largest absolute Gasteiger partial charge is 0.0936 e. The third-order valence-electron chi connectivity index (χ3n) is 1.45. The first-order valence-electron chi connectivity index (χ1n) is 2.35. The highest BCUT2D eigenvalue weighted by Gasteiger charge is 2.35. The SMILES string of the molecule is CC1(C[S])CC1. The van der Waals surface area contributed by atoms with Crippen molar-refractivity contribution in [3.05, 3.63) is 0 Å². The smallest absolute Gasteiger partial charge is 0.00909 e.